The molecular weight excluding hydrogens is 566 g/mol. The highest BCUT2D eigenvalue weighted by Crippen LogP contribution is 2.32. The van der Waals surface area contributed by atoms with Gasteiger partial charge in [0.1, 0.15) is 17.4 Å². The van der Waals surface area contributed by atoms with Gasteiger partial charge in [-0.3, -0.25) is 10.2 Å². The Labute approximate surface area is 263 Å². The van der Waals surface area contributed by atoms with Gasteiger partial charge in [0, 0.05) is 49.0 Å². The molecule has 0 fully saturated rings. The Kier molecular flexibility index (Phi) is 9.03. The van der Waals surface area contributed by atoms with Gasteiger partial charge in [-0.25, -0.2) is 19.3 Å². The van der Waals surface area contributed by atoms with Gasteiger partial charge < -0.3 is 15.4 Å². The van der Waals surface area contributed by atoms with Crippen molar-refractivity contribution in [2.75, 3.05) is 36.2 Å². The van der Waals surface area contributed by atoms with Crippen LogP contribution in [0, 0.1) is 6.92 Å². The first kappa shape index (κ1) is 31.1. The van der Waals surface area contributed by atoms with E-state index in [0.717, 1.165) is 33.3 Å². The number of ether oxygens (including phenoxy) is 1. The number of hydrogen-bond acceptors (Lipinski definition) is 5. The fraction of sp³-hybridized carbons (Fsp3) is 0.257. The summed E-state index contributed by atoms with van der Waals surface area (Å²) < 4.78 is 7.96. The van der Waals surface area contributed by atoms with Gasteiger partial charge in [-0.15, -0.1) is 0 Å². The Morgan fingerprint density at radius 3 is 2.38 bits per heavy atom. The number of nitrogens with zero attached hydrogens (tertiary/aromatic N) is 4. The molecule has 0 saturated heterocycles. The summed E-state index contributed by atoms with van der Waals surface area (Å²) in [5.74, 6) is 1.84. The van der Waals surface area contributed by atoms with E-state index in [4.69, 9.17) is 9.84 Å². The molecule has 0 aliphatic heterocycles. The van der Waals surface area contributed by atoms with Crippen molar-refractivity contribution in [3.63, 3.8) is 0 Å². The summed E-state index contributed by atoms with van der Waals surface area (Å²) in [6.45, 7) is 8.73. The number of carbonyl (C=O) groups excluding carboxylic acids is 2. The molecule has 0 unspecified atom stereocenters. The van der Waals surface area contributed by atoms with E-state index in [1.807, 2.05) is 85.8 Å². The fourth-order valence-corrected chi connectivity index (χ4v) is 4.85. The van der Waals surface area contributed by atoms with Crippen LogP contribution in [0.2, 0.25) is 0 Å². The second-order valence-corrected chi connectivity index (χ2v) is 11.9. The van der Waals surface area contributed by atoms with Crippen molar-refractivity contribution < 1.29 is 14.3 Å². The highest BCUT2D eigenvalue weighted by atomic mass is 16.5. The number of rotatable bonds is 8. The zero-order chi connectivity index (χ0) is 32.1. The monoisotopic (exact) mass is 605 g/mol. The van der Waals surface area contributed by atoms with Crippen LogP contribution in [0.5, 0.6) is 5.75 Å². The van der Waals surface area contributed by atoms with Gasteiger partial charge in [-0.2, -0.15) is 5.10 Å². The Morgan fingerprint density at radius 1 is 0.933 bits per heavy atom. The van der Waals surface area contributed by atoms with Crippen LogP contribution in [-0.4, -0.2) is 47.5 Å². The third kappa shape index (κ3) is 7.23. The highest BCUT2D eigenvalue weighted by molar-refractivity contribution is 6.07. The van der Waals surface area contributed by atoms with Crippen molar-refractivity contribution in [1.82, 2.24) is 20.1 Å². The van der Waals surface area contributed by atoms with Gasteiger partial charge >= 0.3 is 12.1 Å². The number of aromatic nitrogens is 3. The van der Waals surface area contributed by atoms with Gasteiger partial charge in [-0.05, 0) is 48.9 Å². The first-order valence-electron chi connectivity index (χ1n) is 14.8. The molecule has 10 heteroatoms. The maximum Gasteiger partial charge on any atom is 0.324 e. The number of fused-ring (bicyclic) bond motifs is 1. The lowest BCUT2D eigenvalue weighted by atomic mass is 9.92. The van der Waals surface area contributed by atoms with Gasteiger partial charge in [0.05, 0.1) is 23.7 Å². The number of amides is 4. The Bertz CT molecular complexity index is 1820. The zero-order valence-electron chi connectivity index (χ0n) is 26.5. The quantitative estimate of drug-likeness (QED) is 0.175. The molecule has 2 aromatic heterocycles. The van der Waals surface area contributed by atoms with Crippen LogP contribution >= 0.6 is 0 Å². The molecule has 0 bridgehead atoms. The maximum absolute atomic E-state index is 13.3. The molecule has 0 radical (unpaired) electrons. The number of hydrogen-bond donors (Lipinski definition) is 3. The summed E-state index contributed by atoms with van der Waals surface area (Å²) in [6, 6.07) is 24.6. The molecule has 3 N–H and O–H groups in total. The van der Waals surface area contributed by atoms with Crippen molar-refractivity contribution in [1.29, 1.82) is 0 Å². The molecule has 4 amide bonds. The molecule has 0 spiro atoms. The minimum Gasteiger partial charge on any atom is -0.493 e. The lowest BCUT2D eigenvalue weighted by molar-refractivity contribution is 0.249. The summed E-state index contributed by atoms with van der Waals surface area (Å²) in [7, 11) is 3.25. The highest BCUT2D eigenvalue weighted by Gasteiger charge is 2.22. The lowest BCUT2D eigenvalue weighted by Gasteiger charge is -2.16. The van der Waals surface area contributed by atoms with Crippen LogP contribution in [-0.2, 0) is 11.8 Å². The number of aryl methyl sites for hydroxylation is 1. The molecular formula is C35H39N7O3. The Morgan fingerprint density at radius 2 is 1.67 bits per heavy atom. The Balaban J connectivity index is 1.31. The minimum atomic E-state index is -0.377. The van der Waals surface area contributed by atoms with Crippen molar-refractivity contribution in [2.24, 2.45) is 0 Å². The van der Waals surface area contributed by atoms with Gasteiger partial charge in [0.15, 0.2) is 0 Å². The molecule has 0 saturated carbocycles. The number of pyridine rings is 1. The third-order valence-corrected chi connectivity index (χ3v) is 7.45. The van der Waals surface area contributed by atoms with E-state index < -0.39 is 0 Å². The molecule has 2 heterocycles. The number of benzene rings is 3. The van der Waals surface area contributed by atoms with Crippen molar-refractivity contribution in [2.45, 2.75) is 39.5 Å². The van der Waals surface area contributed by atoms with Crippen LogP contribution < -0.4 is 25.6 Å². The van der Waals surface area contributed by atoms with Crippen LogP contribution in [0.25, 0.3) is 16.5 Å². The van der Waals surface area contributed by atoms with E-state index in [9.17, 15) is 9.59 Å². The van der Waals surface area contributed by atoms with E-state index >= 15 is 0 Å². The van der Waals surface area contributed by atoms with Crippen molar-refractivity contribution in [3.05, 3.63) is 102 Å². The van der Waals surface area contributed by atoms with Crippen LogP contribution in [0.15, 0.2) is 85.1 Å². The summed E-state index contributed by atoms with van der Waals surface area (Å²) >= 11 is 0. The van der Waals surface area contributed by atoms with E-state index in [2.05, 4.69) is 41.7 Å². The van der Waals surface area contributed by atoms with Gasteiger partial charge in [0.25, 0.3) is 0 Å². The molecule has 5 aromatic rings. The second kappa shape index (κ2) is 13.1. The van der Waals surface area contributed by atoms with Crippen molar-refractivity contribution in [3.8, 4) is 11.4 Å². The Hall–Kier alpha value is -5.38. The first-order chi connectivity index (χ1) is 21.5. The van der Waals surface area contributed by atoms with Gasteiger partial charge in [-0.1, -0.05) is 62.7 Å². The molecule has 3 aromatic carbocycles. The summed E-state index contributed by atoms with van der Waals surface area (Å²) in [5.41, 5.74) is 4.33. The molecule has 232 valence electrons. The number of urea groups is 2. The molecule has 0 aliphatic carbocycles. The predicted octanol–water partition coefficient (Wildman–Crippen LogP) is 7.07. The topological polar surface area (TPSA) is 113 Å². The van der Waals surface area contributed by atoms with Crippen molar-refractivity contribution >= 4 is 40.2 Å². The van der Waals surface area contributed by atoms with Crippen LogP contribution in [0.1, 0.15) is 37.6 Å². The SMILES string of the molecule is CNC(=O)N(C)c1cc(CCOc2ccc(NC(=O)Nc3cc(C(C)(C)C)nn3-c3ccc(C)cc3)c3ccccc23)ccn1. The number of carbonyl (C=O) groups is 2. The fourth-order valence-electron chi connectivity index (χ4n) is 4.85. The van der Waals surface area contributed by atoms with E-state index in [0.29, 0.717) is 36.1 Å². The van der Waals surface area contributed by atoms with E-state index in [1.165, 1.54) is 4.90 Å². The average molecular weight is 606 g/mol. The largest absolute Gasteiger partial charge is 0.493 e. The molecule has 0 aliphatic rings. The number of nitrogens with one attached hydrogen (secondary N) is 3. The first-order valence-corrected chi connectivity index (χ1v) is 14.8. The molecule has 10 nitrogen and oxygen atoms in total. The summed E-state index contributed by atoms with van der Waals surface area (Å²) in [5, 5.41) is 15.2. The van der Waals surface area contributed by atoms with E-state index in [1.54, 1.807) is 25.0 Å². The number of anilines is 3. The van der Waals surface area contributed by atoms with Crippen LogP contribution in [0.3, 0.4) is 0 Å². The molecule has 0 atom stereocenters. The molecule has 45 heavy (non-hydrogen) atoms. The normalized spacial score (nSPS) is 11.2. The molecule has 5 rings (SSSR count). The van der Waals surface area contributed by atoms with Gasteiger partial charge in [0.2, 0.25) is 0 Å². The summed E-state index contributed by atoms with van der Waals surface area (Å²) in [6.07, 6.45) is 2.31. The van der Waals surface area contributed by atoms with Crippen LogP contribution in [0.4, 0.5) is 26.9 Å². The standard InChI is InChI=1S/C35H39N7O3/c1-23-11-13-25(14-12-23)42-32(22-30(40-42)35(2,3)4)39-33(43)38-28-15-16-29(27-10-8-7-9-26(27)28)45-20-18-24-17-19-37-31(21-24)41(6)34(44)36-5/h7-17,19,21-22H,18,20H2,1-6H3,(H,36,44)(H2,38,39,43). The zero-order valence-corrected chi connectivity index (χ0v) is 26.5. The minimum absolute atomic E-state index is 0.198. The maximum atomic E-state index is 13.3. The second-order valence-electron chi connectivity index (χ2n) is 11.9. The summed E-state index contributed by atoms with van der Waals surface area (Å²) in [4.78, 5) is 31.1. The predicted molar refractivity (Wildman–Crippen MR) is 180 cm³/mol. The van der Waals surface area contributed by atoms with E-state index in [-0.39, 0.29) is 17.5 Å². The lowest BCUT2D eigenvalue weighted by Crippen LogP contribution is -2.35. The average Bonchev–Trinajstić information content (AvgIpc) is 3.46. The smallest absolute Gasteiger partial charge is 0.324 e. The third-order valence-electron chi connectivity index (χ3n) is 7.45.